The molecular weight excluding hydrogens is 236 g/mol. The van der Waals surface area contributed by atoms with Crippen LogP contribution in [0.4, 0.5) is 0 Å². The molecule has 0 spiro atoms. The number of hydrogen-bond donors (Lipinski definition) is 1. The molecule has 1 atom stereocenters. The molecule has 2 heterocycles. The lowest BCUT2D eigenvalue weighted by Crippen LogP contribution is -2.36. The molecule has 0 radical (unpaired) electrons. The molecular formula is C15H18N4. The van der Waals surface area contributed by atoms with Gasteiger partial charge in [0.2, 0.25) is 0 Å². The van der Waals surface area contributed by atoms with E-state index in [2.05, 4.69) is 28.0 Å². The number of aromatic nitrogens is 2. The molecule has 3 rings (SSSR count). The quantitative estimate of drug-likeness (QED) is 0.893. The number of rotatable bonds is 2. The first-order valence-electron chi connectivity index (χ1n) is 6.87. The minimum Gasteiger partial charge on any atom is -0.331 e. The summed E-state index contributed by atoms with van der Waals surface area (Å²) in [6.07, 6.45) is 4.78. The number of nitrogens with one attached hydrogen (secondary N) is 1. The summed E-state index contributed by atoms with van der Waals surface area (Å²) in [6.45, 7) is 1.12. The highest BCUT2D eigenvalue weighted by atomic mass is 15.1. The van der Waals surface area contributed by atoms with E-state index < -0.39 is 0 Å². The van der Waals surface area contributed by atoms with Crippen molar-refractivity contribution in [1.29, 1.82) is 5.26 Å². The van der Waals surface area contributed by atoms with Gasteiger partial charge in [0, 0.05) is 19.5 Å². The second kappa shape index (κ2) is 5.02. The van der Waals surface area contributed by atoms with Crippen LogP contribution < -0.4 is 5.32 Å². The third-order valence-electron chi connectivity index (χ3n) is 3.94. The molecule has 0 aliphatic carbocycles. The maximum Gasteiger partial charge on any atom is 0.111 e. The molecule has 1 fully saturated rings. The molecule has 0 amide bonds. The predicted molar refractivity (Wildman–Crippen MR) is 74.8 cm³/mol. The molecule has 1 unspecified atom stereocenters. The van der Waals surface area contributed by atoms with Gasteiger partial charge in [-0.2, -0.15) is 5.26 Å². The van der Waals surface area contributed by atoms with Crippen LogP contribution in [-0.4, -0.2) is 22.1 Å². The van der Waals surface area contributed by atoms with Crippen LogP contribution in [0.3, 0.4) is 0 Å². The van der Waals surface area contributed by atoms with Crippen molar-refractivity contribution < 1.29 is 0 Å². The summed E-state index contributed by atoms with van der Waals surface area (Å²) in [6, 6.07) is 8.42. The second-order valence-corrected chi connectivity index (χ2v) is 5.25. The molecule has 1 aliphatic rings. The standard InChI is InChI=1S/C15H18N4/c1-19-14-6-5-11(10-16)8-13(14)18-15(19)9-12-4-2-3-7-17-12/h5-6,8,12,17H,2-4,7,9H2,1H3. The van der Waals surface area contributed by atoms with E-state index in [-0.39, 0.29) is 0 Å². The number of imidazole rings is 1. The minimum atomic E-state index is 0.541. The summed E-state index contributed by atoms with van der Waals surface area (Å²) in [7, 11) is 2.06. The number of hydrogen-bond acceptors (Lipinski definition) is 3. The van der Waals surface area contributed by atoms with Crippen molar-refractivity contribution >= 4 is 11.0 Å². The summed E-state index contributed by atoms with van der Waals surface area (Å²) < 4.78 is 2.15. The Balaban J connectivity index is 1.91. The lowest BCUT2D eigenvalue weighted by Gasteiger charge is -2.22. The summed E-state index contributed by atoms with van der Waals surface area (Å²) in [5.74, 6) is 1.10. The van der Waals surface area contributed by atoms with Gasteiger partial charge in [-0.15, -0.1) is 0 Å². The Morgan fingerprint density at radius 2 is 2.37 bits per heavy atom. The molecule has 98 valence electrons. The number of nitrogens with zero attached hydrogens (tertiary/aromatic N) is 3. The first kappa shape index (κ1) is 12.2. The zero-order chi connectivity index (χ0) is 13.2. The van der Waals surface area contributed by atoms with Gasteiger partial charge in [0.05, 0.1) is 22.7 Å². The van der Waals surface area contributed by atoms with Gasteiger partial charge in [-0.05, 0) is 37.6 Å². The van der Waals surface area contributed by atoms with Gasteiger partial charge in [0.15, 0.2) is 0 Å². The van der Waals surface area contributed by atoms with Gasteiger partial charge in [-0.1, -0.05) is 6.42 Å². The Morgan fingerprint density at radius 1 is 1.47 bits per heavy atom. The highest BCUT2D eigenvalue weighted by Gasteiger charge is 2.16. The molecule has 2 aromatic rings. The maximum absolute atomic E-state index is 8.94. The first-order chi connectivity index (χ1) is 9.28. The Bertz CT molecular complexity index is 629. The Kier molecular flexibility index (Phi) is 3.22. The van der Waals surface area contributed by atoms with Gasteiger partial charge < -0.3 is 9.88 Å². The fourth-order valence-corrected chi connectivity index (χ4v) is 2.82. The monoisotopic (exact) mass is 254 g/mol. The van der Waals surface area contributed by atoms with Crippen molar-refractivity contribution in [2.45, 2.75) is 31.7 Å². The number of fused-ring (bicyclic) bond motifs is 1. The van der Waals surface area contributed by atoms with Crippen LogP contribution in [0.5, 0.6) is 0 Å². The van der Waals surface area contributed by atoms with E-state index in [1.54, 1.807) is 0 Å². The minimum absolute atomic E-state index is 0.541. The lowest BCUT2D eigenvalue weighted by atomic mass is 10.0. The lowest BCUT2D eigenvalue weighted by molar-refractivity contribution is 0.392. The fourth-order valence-electron chi connectivity index (χ4n) is 2.82. The average molecular weight is 254 g/mol. The third kappa shape index (κ3) is 2.34. The molecule has 1 N–H and O–H groups in total. The largest absolute Gasteiger partial charge is 0.331 e. The smallest absolute Gasteiger partial charge is 0.111 e. The van der Waals surface area contributed by atoms with Gasteiger partial charge >= 0.3 is 0 Å². The van der Waals surface area contributed by atoms with Crippen LogP contribution in [-0.2, 0) is 13.5 Å². The Morgan fingerprint density at radius 3 is 3.11 bits per heavy atom. The molecule has 0 bridgehead atoms. The molecule has 0 saturated carbocycles. The Hall–Kier alpha value is -1.86. The van der Waals surface area contributed by atoms with E-state index >= 15 is 0 Å². The summed E-state index contributed by atoms with van der Waals surface area (Å²) >= 11 is 0. The van der Waals surface area contributed by atoms with Gasteiger partial charge in [0.25, 0.3) is 0 Å². The highest BCUT2D eigenvalue weighted by Crippen LogP contribution is 2.19. The summed E-state index contributed by atoms with van der Waals surface area (Å²) in [5, 5.41) is 12.5. The maximum atomic E-state index is 8.94. The molecule has 4 nitrogen and oxygen atoms in total. The van der Waals surface area contributed by atoms with E-state index in [0.29, 0.717) is 11.6 Å². The van der Waals surface area contributed by atoms with E-state index in [4.69, 9.17) is 5.26 Å². The number of piperidine rings is 1. The molecule has 1 aromatic heterocycles. The molecule has 1 saturated heterocycles. The van der Waals surface area contributed by atoms with E-state index in [1.165, 1.54) is 19.3 Å². The van der Waals surface area contributed by atoms with Crippen molar-refractivity contribution in [3.8, 4) is 6.07 Å². The third-order valence-corrected chi connectivity index (χ3v) is 3.94. The van der Waals surface area contributed by atoms with Gasteiger partial charge in [-0.25, -0.2) is 4.98 Å². The molecule has 1 aliphatic heterocycles. The topological polar surface area (TPSA) is 53.6 Å². The van der Waals surface area contributed by atoms with Crippen LogP contribution in [0.2, 0.25) is 0 Å². The van der Waals surface area contributed by atoms with Crippen molar-refractivity contribution in [1.82, 2.24) is 14.9 Å². The number of aryl methyl sites for hydroxylation is 1. The van der Waals surface area contributed by atoms with Gasteiger partial charge in [-0.3, -0.25) is 0 Å². The number of benzene rings is 1. The fraction of sp³-hybridized carbons (Fsp3) is 0.467. The van der Waals surface area contributed by atoms with E-state index in [0.717, 1.165) is 29.8 Å². The van der Waals surface area contributed by atoms with Crippen molar-refractivity contribution in [3.05, 3.63) is 29.6 Å². The molecule has 4 heteroatoms. The van der Waals surface area contributed by atoms with E-state index in [9.17, 15) is 0 Å². The molecule has 19 heavy (non-hydrogen) atoms. The molecule has 1 aromatic carbocycles. The SMILES string of the molecule is Cn1c(CC2CCCCN2)nc2cc(C#N)ccc21. The Labute approximate surface area is 113 Å². The van der Waals surface area contributed by atoms with Crippen molar-refractivity contribution in [3.63, 3.8) is 0 Å². The summed E-state index contributed by atoms with van der Waals surface area (Å²) in [5.41, 5.74) is 2.70. The van der Waals surface area contributed by atoms with Gasteiger partial charge in [0.1, 0.15) is 5.82 Å². The first-order valence-corrected chi connectivity index (χ1v) is 6.87. The van der Waals surface area contributed by atoms with Crippen molar-refractivity contribution in [2.24, 2.45) is 7.05 Å². The van der Waals surface area contributed by atoms with Crippen LogP contribution in [0.15, 0.2) is 18.2 Å². The second-order valence-electron chi connectivity index (χ2n) is 5.25. The van der Waals surface area contributed by atoms with Crippen molar-refractivity contribution in [2.75, 3.05) is 6.54 Å². The zero-order valence-electron chi connectivity index (χ0n) is 11.2. The normalized spacial score (nSPS) is 19.5. The van der Waals surface area contributed by atoms with Crippen LogP contribution in [0.1, 0.15) is 30.7 Å². The zero-order valence-corrected chi connectivity index (χ0v) is 11.2. The van der Waals surface area contributed by atoms with Crippen LogP contribution in [0.25, 0.3) is 11.0 Å². The predicted octanol–water partition coefficient (Wildman–Crippen LogP) is 2.13. The number of nitriles is 1. The highest BCUT2D eigenvalue weighted by molar-refractivity contribution is 5.77. The van der Waals surface area contributed by atoms with E-state index in [1.807, 2.05) is 18.2 Å². The van der Waals surface area contributed by atoms with Crippen LogP contribution in [0, 0.1) is 11.3 Å². The average Bonchev–Trinajstić information content (AvgIpc) is 2.76. The summed E-state index contributed by atoms with van der Waals surface area (Å²) in [4.78, 5) is 4.69. The van der Waals surface area contributed by atoms with Crippen LogP contribution >= 0.6 is 0 Å².